The van der Waals surface area contributed by atoms with E-state index in [1.54, 1.807) is 18.2 Å². The Kier molecular flexibility index (Phi) is 6.35. The first-order valence-electron chi connectivity index (χ1n) is 10.2. The molecule has 0 unspecified atom stereocenters. The molecule has 0 aliphatic carbocycles. The van der Waals surface area contributed by atoms with Crippen LogP contribution in [0.25, 0.3) is 0 Å². The Morgan fingerprint density at radius 1 is 1.00 bits per heavy atom. The van der Waals surface area contributed by atoms with Gasteiger partial charge in [0.1, 0.15) is 23.4 Å². The number of nitrogens with one attached hydrogen (secondary N) is 1. The summed E-state index contributed by atoms with van der Waals surface area (Å²) in [5.41, 5.74) is 2.06. The fourth-order valence-electron chi connectivity index (χ4n) is 3.84. The van der Waals surface area contributed by atoms with Crippen LogP contribution >= 0.6 is 0 Å². The number of halogens is 1. The quantitative estimate of drug-likeness (QED) is 0.595. The van der Waals surface area contributed by atoms with Crippen LogP contribution in [-0.4, -0.2) is 38.9 Å². The van der Waals surface area contributed by atoms with E-state index in [9.17, 15) is 17.6 Å². The zero-order valence-electron chi connectivity index (χ0n) is 18.1. The number of hydrogen-bond acceptors (Lipinski definition) is 5. The van der Waals surface area contributed by atoms with Crippen molar-refractivity contribution >= 4 is 21.6 Å². The van der Waals surface area contributed by atoms with Gasteiger partial charge in [-0.1, -0.05) is 24.3 Å². The number of anilines is 1. The Morgan fingerprint density at radius 3 is 2.36 bits per heavy atom. The number of fused-ring (bicyclic) bond motifs is 1. The molecule has 172 valence electrons. The summed E-state index contributed by atoms with van der Waals surface area (Å²) in [6, 6.07) is 15.9. The van der Waals surface area contributed by atoms with E-state index in [2.05, 4.69) is 5.32 Å². The number of carbonyl (C=O) groups is 1. The molecule has 1 heterocycles. The molecule has 0 saturated carbocycles. The number of rotatable bonds is 6. The minimum atomic E-state index is -4.09. The van der Waals surface area contributed by atoms with Gasteiger partial charge in [0.2, 0.25) is 15.9 Å². The van der Waals surface area contributed by atoms with E-state index in [-0.39, 0.29) is 17.9 Å². The molecule has 7 nitrogen and oxygen atoms in total. The molecule has 0 radical (unpaired) electrons. The first kappa shape index (κ1) is 22.8. The normalized spacial score (nSPS) is 16.0. The lowest BCUT2D eigenvalue weighted by Gasteiger charge is -2.35. The van der Waals surface area contributed by atoms with E-state index in [1.807, 2.05) is 24.3 Å². The standard InChI is InChI=1S/C24H23FN2O5S/c1-31-19-9-12-23(32-2)21(14-19)26-24(28)22-13-16-5-3-4-6-17(16)15-27(22)33(29,30)20-10-7-18(25)8-11-20/h3-12,14,22H,13,15H2,1-2H3,(H,26,28)/t22-/m1/s1. The van der Waals surface area contributed by atoms with Crippen LogP contribution in [0.1, 0.15) is 11.1 Å². The van der Waals surface area contributed by atoms with Crippen LogP contribution in [0.5, 0.6) is 11.5 Å². The largest absolute Gasteiger partial charge is 0.497 e. The molecule has 33 heavy (non-hydrogen) atoms. The maximum atomic E-state index is 13.5. The summed E-state index contributed by atoms with van der Waals surface area (Å²) >= 11 is 0. The molecular weight excluding hydrogens is 447 g/mol. The third-order valence-electron chi connectivity index (χ3n) is 5.59. The zero-order valence-corrected chi connectivity index (χ0v) is 18.9. The summed E-state index contributed by atoms with van der Waals surface area (Å²) in [6.45, 7) is 0.0171. The molecule has 1 N–H and O–H groups in total. The monoisotopic (exact) mass is 470 g/mol. The van der Waals surface area contributed by atoms with Gasteiger partial charge in [0, 0.05) is 12.6 Å². The molecule has 3 aromatic carbocycles. The zero-order chi connectivity index (χ0) is 23.6. The molecule has 0 aromatic heterocycles. The fraction of sp³-hybridized carbons (Fsp3) is 0.208. The van der Waals surface area contributed by atoms with Crippen molar-refractivity contribution in [3.63, 3.8) is 0 Å². The van der Waals surface area contributed by atoms with E-state index in [1.165, 1.54) is 26.4 Å². The van der Waals surface area contributed by atoms with Gasteiger partial charge in [-0.15, -0.1) is 0 Å². The van der Waals surface area contributed by atoms with Gasteiger partial charge in [-0.3, -0.25) is 4.79 Å². The number of nitrogens with zero attached hydrogens (tertiary/aromatic N) is 1. The van der Waals surface area contributed by atoms with Gasteiger partial charge in [0.05, 0.1) is 24.8 Å². The summed E-state index contributed by atoms with van der Waals surface area (Å²) in [5.74, 6) is -0.136. The fourth-order valence-corrected chi connectivity index (χ4v) is 5.41. The lowest BCUT2D eigenvalue weighted by Crippen LogP contribution is -2.50. The molecule has 0 fully saturated rings. The third kappa shape index (κ3) is 4.55. The maximum absolute atomic E-state index is 13.5. The van der Waals surface area contributed by atoms with Gasteiger partial charge in [-0.2, -0.15) is 4.31 Å². The van der Waals surface area contributed by atoms with E-state index >= 15 is 0 Å². The van der Waals surface area contributed by atoms with E-state index in [0.29, 0.717) is 17.2 Å². The molecule has 1 amide bonds. The van der Waals surface area contributed by atoms with Crippen molar-refractivity contribution in [2.24, 2.45) is 0 Å². The Labute approximate surface area is 191 Å². The van der Waals surface area contributed by atoms with E-state index in [0.717, 1.165) is 27.6 Å². The van der Waals surface area contributed by atoms with Crippen LogP contribution in [0.4, 0.5) is 10.1 Å². The Bertz CT molecular complexity index is 1280. The highest BCUT2D eigenvalue weighted by Crippen LogP contribution is 2.32. The van der Waals surface area contributed by atoms with Crippen LogP contribution in [-0.2, 0) is 27.8 Å². The van der Waals surface area contributed by atoms with Crippen molar-refractivity contribution in [1.29, 1.82) is 0 Å². The molecule has 3 aromatic rings. The second-order valence-electron chi connectivity index (χ2n) is 7.55. The van der Waals surface area contributed by atoms with Gasteiger partial charge in [0.25, 0.3) is 0 Å². The van der Waals surface area contributed by atoms with Crippen molar-refractivity contribution in [1.82, 2.24) is 4.31 Å². The molecule has 1 aliphatic rings. The highest BCUT2D eigenvalue weighted by molar-refractivity contribution is 7.89. The van der Waals surface area contributed by atoms with Crippen LogP contribution < -0.4 is 14.8 Å². The van der Waals surface area contributed by atoms with Crippen LogP contribution in [0, 0.1) is 5.82 Å². The maximum Gasteiger partial charge on any atom is 0.244 e. The van der Waals surface area contributed by atoms with Crippen LogP contribution in [0.2, 0.25) is 0 Å². The Morgan fingerprint density at radius 2 is 1.70 bits per heavy atom. The van der Waals surface area contributed by atoms with E-state index in [4.69, 9.17) is 9.47 Å². The van der Waals surface area contributed by atoms with Crippen molar-refractivity contribution in [2.45, 2.75) is 23.9 Å². The van der Waals surface area contributed by atoms with Crippen molar-refractivity contribution in [3.05, 3.63) is 83.7 Å². The highest BCUT2D eigenvalue weighted by Gasteiger charge is 2.39. The van der Waals surface area contributed by atoms with E-state index < -0.39 is 27.8 Å². The number of carbonyl (C=O) groups excluding carboxylic acids is 1. The SMILES string of the molecule is COc1ccc(OC)c(NC(=O)[C@H]2Cc3ccccc3CN2S(=O)(=O)c2ccc(F)cc2)c1. The summed E-state index contributed by atoms with van der Waals surface area (Å²) < 4.78 is 52.1. The third-order valence-corrected chi connectivity index (χ3v) is 7.46. The molecule has 1 aliphatic heterocycles. The number of benzene rings is 3. The van der Waals surface area contributed by atoms with Gasteiger partial charge < -0.3 is 14.8 Å². The van der Waals surface area contributed by atoms with Gasteiger partial charge in [-0.25, -0.2) is 12.8 Å². The van der Waals surface area contributed by atoms with Crippen molar-refractivity contribution in [3.8, 4) is 11.5 Å². The second-order valence-corrected chi connectivity index (χ2v) is 9.44. The molecular formula is C24H23FN2O5S. The smallest absolute Gasteiger partial charge is 0.244 e. The Hall–Kier alpha value is -3.43. The average Bonchev–Trinajstić information content (AvgIpc) is 2.83. The molecule has 0 spiro atoms. The summed E-state index contributed by atoms with van der Waals surface area (Å²) in [6.07, 6.45) is 0.189. The summed E-state index contributed by atoms with van der Waals surface area (Å²) in [4.78, 5) is 13.3. The lowest BCUT2D eigenvalue weighted by molar-refractivity contribution is -0.120. The minimum absolute atomic E-state index is 0.0171. The number of amides is 1. The average molecular weight is 471 g/mol. The van der Waals surface area contributed by atoms with Crippen molar-refractivity contribution < 1.29 is 27.1 Å². The first-order chi connectivity index (χ1) is 15.8. The van der Waals surface area contributed by atoms with Gasteiger partial charge >= 0.3 is 0 Å². The predicted octanol–water partition coefficient (Wildman–Crippen LogP) is 3.60. The highest BCUT2D eigenvalue weighted by atomic mass is 32.2. The number of methoxy groups -OCH3 is 2. The number of hydrogen-bond donors (Lipinski definition) is 1. The molecule has 0 saturated heterocycles. The van der Waals surface area contributed by atoms with Crippen LogP contribution in [0.3, 0.4) is 0 Å². The Balaban J connectivity index is 1.72. The first-order valence-corrected chi connectivity index (χ1v) is 11.6. The molecule has 9 heteroatoms. The minimum Gasteiger partial charge on any atom is -0.497 e. The van der Waals surface area contributed by atoms with Crippen molar-refractivity contribution in [2.75, 3.05) is 19.5 Å². The number of sulfonamides is 1. The topological polar surface area (TPSA) is 84.9 Å². The summed E-state index contributed by atoms with van der Waals surface area (Å²) in [7, 11) is -1.11. The van der Waals surface area contributed by atoms with Crippen LogP contribution in [0.15, 0.2) is 71.6 Å². The predicted molar refractivity (Wildman–Crippen MR) is 121 cm³/mol. The molecule has 1 atom stereocenters. The van der Waals surface area contributed by atoms with Gasteiger partial charge in [-0.05, 0) is 53.9 Å². The van der Waals surface area contributed by atoms with Gasteiger partial charge in [0.15, 0.2) is 0 Å². The number of ether oxygens (including phenoxy) is 2. The lowest BCUT2D eigenvalue weighted by atomic mass is 9.95. The second kappa shape index (κ2) is 9.21. The summed E-state index contributed by atoms with van der Waals surface area (Å²) in [5, 5.41) is 2.79. The molecule has 4 rings (SSSR count). The molecule has 0 bridgehead atoms.